The van der Waals surface area contributed by atoms with Gasteiger partial charge in [-0.15, -0.1) is 0 Å². The van der Waals surface area contributed by atoms with Crippen LogP contribution in [0.3, 0.4) is 0 Å². The Kier molecular flexibility index (Phi) is 10.4. The van der Waals surface area contributed by atoms with Crippen LogP contribution >= 0.6 is 0 Å². The van der Waals surface area contributed by atoms with Crippen molar-refractivity contribution in [2.24, 2.45) is 0 Å². The van der Waals surface area contributed by atoms with Gasteiger partial charge in [-0.05, 0) is 62.4 Å². The van der Waals surface area contributed by atoms with Crippen molar-refractivity contribution in [1.82, 2.24) is 15.0 Å². The van der Waals surface area contributed by atoms with E-state index in [0.717, 1.165) is 33.2 Å². The fourth-order valence-corrected chi connectivity index (χ4v) is 12.6. The topological polar surface area (TPSA) is 38.7 Å². The predicted molar refractivity (Wildman–Crippen MR) is 259 cm³/mol. The summed E-state index contributed by atoms with van der Waals surface area (Å²) in [5.74, 6) is 1.96. The SMILES string of the molecule is C[Si](C)(C)c1cc([Si](C)(C)C)c(-c2cccc(-c3cccc(-c4nc(-c5ccc(-c6ccccc6)cc5)nc(-c5ccc6ccccc6c5)n4)c3)c2)c([Si](C)(C)C)c1. The average Bonchev–Trinajstić information content (AvgIpc) is 3.22. The smallest absolute Gasteiger partial charge is 0.164 e. The van der Waals surface area contributed by atoms with Crippen LogP contribution in [0.4, 0.5) is 0 Å². The van der Waals surface area contributed by atoms with Gasteiger partial charge >= 0.3 is 0 Å². The normalized spacial score (nSPS) is 12.2. The quantitative estimate of drug-likeness (QED) is 0.136. The van der Waals surface area contributed by atoms with E-state index < -0.39 is 24.2 Å². The molecule has 0 radical (unpaired) electrons. The van der Waals surface area contributed by atoms with Crippen molar-refractivity contribution in [3.63, 3.8) is 0 Å². The molecule has 0 aliphatic carbocycles. The molecule has 7 aromatic carbocycles. The van der Waals surface area contributed by atoms with Crippen LogP contribution in [0.5, 0.6) is 0 Å². The van der Waals surface area contributed by atoms with Crippen molar-refractivity contribution in [2.45, 2.75) is 58.9 Å². The standard InChI is InChI=1S/C52H53N3Si3/c1-56(2,3)46-34-47(57(4,5)6)49(48(35-46)58(7,8)9)43-23-15-21-41(31-43)42-22-16-24-44(33-42)51-53-50(39-28-25-38(26-29-39)36-17-11-10-12-18-36)54-52(55-51)45-30-27-37-19-13-14-20-40(37)32-45/h10-35H,1-9H3. The summed E-state index contributed by atoms with van der Waals surface area (Å²) in [6, 6.07) is 57.0. The van der Waals surface area contributed by atoms with E-state index in [2.05, 4.69) is 211 Å². The number of nitrogens with zero attached hydrogens (tertiary/aromatic N) is 3. The lowest BCUT2D eigenvalue weighted by Gasteiger charge is -2.32. The van der Waals surface area contributed by atoms with Crippen LogP contribution in [0.25, 0.3) is 78.3 Å². The number of benzene rings is 7. The minimum Gasteiger partial charge on any atom is -0.208 e. The van der Waals surface area contributed by atoms with Gasteiger partial charge in [0.2, 0.25) is 0 Å². The van der Waals surface area contributed by atoms with Crippen LogP contribution in [-0.2, 0) is 0 Å². The Morgan fingerprint density at radius 3 is 1.28 bits per heavy atom. The molecule has 0 saturated heterocycles. The zero-order chi connectivity index (χ0) is 40.8. The summed E-state index contributed by atoms with van der Waals surface area (Å²) >= 11 is 0. The van der Waals surface area contributed by atoms with Gasteiger partial charge in [-0.3, -0.25) is 0 Å². The number of hydrogen-bond acceptors (Lipinski definition) is 3. The Morgan fingerprint density at radius 2 is 0.707 bits per heavy atom. The Hall–Kier alpha value is -5.54. The molecule has 0 amide bonds. The largest absolute Gasteiger partial charge is 0.208 e. The number of rotatable bonds is 9. The van der Waals surface area contributed by atoms with Crippen LogP contribution in [-0.4, -0.2) is 39.2 Å². The lowest BCUT2D eigenvalue weighted by atomic mass is 9.97. The molecule has 0 saturated carbocycles. The summed E-state index contributed by atoms with van der Waals surface area (Å²) in [5, 5.41) is 7.11. The van der Waals surface area contributed by atoms with Crippen molar-refractivity contribution in [1.29, 1.82) is 0 Å². The van der Waals surface area contributed by atoms with Crippen LogP contribution in [0.15, 0.2) is 158 Å². The molecule has 0 aliphatic heterocycles. The molecule has 6 heteroatoms. The highest BCUT2D eigenvalue weighted by molar-refractivity contribution is 6.95. The molecule has 3 nitrogen and oxygen atoms in total. The average molecular weight is 804 g/mol. The van der Waals surface area contributed by atoms with E-state index in [-0.39, 0.29) is 0 Å². The first-order valence-electron chi connectivity index (χ1n) is 20.4. The first-order chi connectivity index (χ1) is 27.6. The minimum atomic E-state index is -1.71. The van der Waals surface area contributed by atoms with Gasteiger partial charge in [0.15, 0.2) is 17.5 Å². The molecule has 0 unspecified atom stereocenters. The molecule has 0 spiro atoms. The molecule has 0 aliphatic rings. The van der Waals surface area contributed by atoms with Crippen molar-refractivity contribution < 1.29 is 0 Å². The number of aromatic nitrogens is 3. The summed E-state index contributed by atoms with van der Waals surface area (Å²) in [6.07, 6.45) is 0. The Balaban J connectivity index is 1.25. The second-order valence-corrected chi connectivity index (χ2v) is 33.8. The second kappa shape index (κ2) is 15.3. The van der Waals surface area contributed by atoms with Crippen molar-refractivity contribution in [2.75, 3.05) is 0 Å². The number of fused-ring (bicyclic) bond motifs is 1. The maximum atomic E-state index is 5.17. The monoisotopic (exact) mass is 803 g/mol. The number of hydrogen-bond donors (Lipinski definition) is 0. The van der Waals surface area contributed by atoms with Crippen LogP contribution in [0.1, 0.15) is 0 Å². The molecule has 0 atom stereocenters. The molecule has 0 bridgehead atoms. The first-order valence-corrected chi connectivity index (χ1v) is 30.9. The summed E-state index contributed by atoms with van der Waals surface area (Å²) < 4.78 is 0. The van der Waals surface area contributed by atoms with Gasteiger partial charge < -0.3 is 0 Å². The highest BCUT2D eigenvalue weighted by Gasteiger charge is 2.31. The summed E-state index contributed by atoms with van der Waals surface area (Å²) in [6.45, 7) is 22.5. The first kappa shape index (κ1) is 39.3. The Labute approximate surface area is 348 Å². The van der Waals surface area contributed by atoms with Crippen LogP contribution in [0, 0.1) is 0 Å². The van der Waals surface area contributed by atoms with E-state index in [9.17, 15) is 0 Å². The molecule has 1 aromatic heterocycles. The predicted octanol–water partition coefficient (Wildman–Crippen LogP) is 12.7. The van der Waals surface area contributed by atoms with Crippen LogP contribution in [0.2, 0.25) is 58.9 Å². The molecule has 8 aromatic rings. The summed E-state index contributed by atoms with van der Waals surface area (Å²) in [7, 11) is -4.96. The lowest BCUT2D eigenvalue weighted by Crippen LogP contribution is -2.53. The molecule has 8 rings (SSSR count). The second-order valence-electron chi connectivity index (χ2n) is 18.7. The van der Waals surface area contributed by atoms with E-state index in [1.807, 2.05) is 6.07 Å². The Bertz CT molecular complexity index is 2740. The molecular formula is C52H53N3Si3. The summed E-state index contributed by atoms with van der Waals surface area (Å²) in [5.41, 5.74) is 10.3. The highest BCUT2D eigenvalue weighted by Crippen LogP contribution is 2.32. The third-order valence-corrected chi connectivity index (χ3v) is 17.2. The third-order valence-electron chi connectivity index (χ3n) is 11.1. The molecule has 1 heterocycles. The van der Waals surface area contributed by atoms with Crippen molar-refractivity contribution in [3.05, 3.63) is 158 Å². The fourth-order valence-electron chi connectivity index (χ4n) is 7.80. The van der Waals surface area contributed by atoms with Crippen molar-refractivity contribution >= 4 is 50.6 Å². The van der Waals surface area contributed by atoms with E-state index in [1.165, 1.54) is 27.6 Å². The maximum Gasteiger partial charge on any atom is 0.164 e. The van der Waals surface area contributed by atoms with E-state index in [4.69, 9.17) is 15.0 Å². The molecule has 288 valence electrons. The fraction of sp³-hybridized carbons (Fsp3) is 0.173. The van der Waals surface area contributed by atoms with Crippen molar-refractivity contribution in [3.8, 4) is 67.5 Å². The van der Waals surface area contributed by atoms with Gasteiger partial charge in [0.05, 0.1) is 24.2 Å². The zero-order valence-electron chi connectivity index (χ0n) is 35.4. The van der Waals surface area contributed by atoms with E-state index >= 15 is 0 Å². The van der Waals surface area contributed by atoms with E-state index in [1.54, 1.807) is 15.6 Å². The van der Waals surface area contributed by atoms with Gasteiger partial charge in [-0.2, -0.15) is 0 Å². The zero-order valence-corrected chi connectivity index (χ0v) is 38.4. The molecular weight excluding hydrogens is 751 g/mol. The third kappa shape index (κ3) is 8.23. The maximum absolute atomic E-state index is 5.17. The molecule has 58 heavy (non-hydrogen) atoms. The minimum absolute atomic E-state index is 0.652. The lowest BCUT2D eigenvalue weighted by molar-refractivity contribution is 1.07. The summed E-state index contributed by atoms with van der Waals surface area (Å²) in [4.78, 5) is 15.4. The van der Waals surface area contributed by atoms with Crippen LogP contribution < -0.4 is 15.6 Å². The van der Waals surface area contributed by atoms with Gasteiger partial charge in [-0.25, -0.2) is 15.0 Å². The van der Waals surface area contributed by atoms with Gasteiger partial charge in [0.1, 0.15) is 0 Å². The molecule has 0 fully saturated rings. The highest BCUT2D eigenvalue weighted by atomic mass is 28.3. The van der Waals surface area contributed by atoms with E-state index in [0.29, 0.717) is 17.5 Å². The Morgan fingerprint density at radius 1 is 0.293 bits per heavy atom. The van der Waals surface area contributed by atoms with Gasteiger partial charge in [0, 0.05) is 16.7 Å². The van der Waals surface area contributed by atoms with Gasteiger partial charge in [0.25, 0.3) is 0 Å². The van der Waals surface area contributed by atoms with Gasteiger partial charge in [-0.1, -0.05) is 214 Å². The molecule has 0 N–H and O–H groups in total.